The maximum atomic E-state index is 11.7. The molecule has 5 heteroatoms. The van der Waals surface area contributed by atoms with Gasteiger partial charge in [-0.3, -0.25) is 4.98 Å². The third-order valence-electron chi connectivity index (χ3n) is 3.23. The van der Waals surface area contributed by atoms with Crippen LogP contribution in [-0.2, 0) is 6.54 Å². The maximum Gasteiger partial charge on any atom is 0.315 e. The topological polar surface area (TPSA) is 57.3 Å². The minimum Gasteiger partial charge on any atom is -0.335 e. The van der Waals surface area contributed by atoms with Crippen molar-refractivity contribution in [2.45, 2.75) is 25.4 Å². The smallest absolute Gasteiger partial charge is 0.315 e. The van der Waals surface area contributed by atoms with Gasteiger partial charge in [-0.1, -0.05) is 6.07 Å². The van der Waals surface area contributed by atoms with Gasteiger partial charge in [-0.2, -0.15) is 0 Å². The van der Waals surface area contributed by atoms with Crippen LogP contribution < -0.4 is 10.6 Å². The van der Waals surface area contributed by atoms with Crippen LogP contribution in [0.15, 0.2) is 24.5 Å². The molecule has 1 aliphatic rings. The number of carbonyl (C=O) groups excluding carboxylic acids is 1. The number of hydrogen-bond acceptors (Lipinski definition) is 3. The lowest BCUT2D eigenvalue weighted by atomic mass is 10.1. The molecular formula is C13H20N4O. The Kier molecular flexibility index (Phi) is 4.52. The third-order valence-corrected chi connectivity index (χ3v) is 3.23. The number of aromatic nitrogens is 1. The molecule has 2 rings (SSSR count). The van der Waals surface area contributed by atoms with Crippen LogP contribution in [0.4, 0.5) is 4.79 Å². The SMILES string of the molecule is CN1CCC(NC(=O)NCc2cccnc2)CC1. The van der Waals surface area contributed by atoms with Crippen molar-refractivity contribution in [2.75, 3.05) is 20.1 Å². The maximum absolute atomic E-state index is 11.7. The van der Waals surface area contributed by atoms with Crippen LogP contribution in [0.25, 0.3) is 0 Å². The molecule has 0 saturated carbocycles. The summed E-state index contributed by atoms with van der Waals surface area (Å²) in [6, 6.07) is 4.03. The van der Waals surface area contributed by atoms with Gasteiger partial charge in [-0.05, 0) is 44.6 Å². The number of urea groups is 1. The van der Waals surface area contributed by atoms with Gasteiger partial charge >= 0.3 is 6.03 Å². The average molecular weight is 248 g/mol. The van der Waals surface area contributed by atoms with E-state index in [1.165, 1.54) is 0 Å². The second-order valence-corrected chi connectivity index (χ2v) is 4.77. The van der Waals surface area contributed by atoms with Gasteiger partial charge in [-0.25, -0.2) is 4.79 Å². The highest BCUT2D eigenvalue weighted by Gasteiger charge is 2.17. The molecule has 1 saturated heterocycles. The number of carbonyl (C=O) groups is 1. The zero-order valence-corrected chi connectivity index (χ0v) is 10.7. The van der Waals surface area contributed by atoms with Crippen molar-refractivity contribution in [1.82, 2.24) is 20.5 Å². The van der Waals surface area contributed by atoms with E-state index < -0.39 is 0 Å². The van der Waals surface area contributed by atoms with E-state index in [1.807, 2.05) is 12.1 Å². The van der Waals surface area contributed by atoms with Crippen molar-refractivity contribution in [1.29, 1.82) is 0 Å². The van der Waals surface area contributed by atoms with Crippen LogP contribution in [-0.4, -0.2) is 42.1 Å². The molecule has 1 aromatic rings. The number of likely N-dealkylation sites (tertiary alicyclic amines) is 1. The van der Waals surface area contributed by atoms with Gasteiger partial charge < -0.3 is 15.5 Å². The largest absolute Gasteiger partial charge is 0.335 e. The summed E-state index contributed by atoms with van der Waals surface area (Å²) in [6.07, 6.45) is 5.53. The van der Waals surface area contributed by atoms with Crippen molar-refractivity contribution in [3.05, 3.63) is 30.1 Å². The molecule has 0 atom stereocenters. The Balaban J connectivity index is 1.69. The Bertz CT molecular complexity index is 374. The zero-order valence-electron chi connectivity index (χ0n) is 10.7. The number of nitrogens with one attached hydrogen (secondary N) is 2. The summed E-state index contributed by atoms with van der Waals surface area (Å²) in [5, 5.41) is 5.87. The molecule has 0 aromatic carbocycles. The second kappa shape index (κ2) is 6.35. The van der Waals surface area contributed by atoms with E-state index >= 15 is 0 Å². The van der Waals surface area contributed by atoms with Crippen LogP contribution in [0.2, 0.25) is 0 Å². The van der Waals surface area contributed by atoms with E-state index in [2.05, 4.69) is 27.6 Å². The van der Waals surface area contributed by atoms with Crippen LogP contribution >= 0.6 is 0 Å². The van der Waals surface area contributed by atoms with Gasteiger partial charge in [0.1, 0.15) is 0 Å². The predicted molar refractivity (Wildman–Crippen MR) is 70.1 cm³/mol. The van der Waals surface area contributed by atoms with Crippen molar-refractivity contribution < 1.29 is 4.79 Å². The minimum atomic E-state index is -0.0894. The molecule has 0 spiro atoms. The molecule has 98 valence electrons. The first-order chi connectivity index (χ1) is 8.74. The molecule has 0 aliphatic carbocycles. The molecule has 0 unspecified atom stereocenters. The van der Waals surface area contributed by atoms with E-state index in [4.69, 9.17) is 0 Å². The number of rotatable bonds is 3. The van der Waals surface area contributed by atoms with E-state index in [-0.39, 0.29) is 6.03 Å². The highest BCUT2D eigenvalue weighted by atomic mass is 16.2. The first kappa shape index (κ1) is 12.8. The fourth-order valence-corrected chi connectivity index (χ4v) is 2.07. The van der Waals surface area contributed by atoms with Crippen LogP contribution in [0.1, 0.15) is 18.4 Å². The predicted octanol–water partition coefficient (Wildman–Crippen LogP) is 0.975. The summed E-state index contributed by atoms with van der Waals surface area (Å²) in [5.74, 6) is 0. The van der Waals surface area contributed by atoms with Crippen LogP contribution in [0, 0.1) is 0 Å². The summed E-state index contributed by atoms with van der Waals surface area (Å²) in [5.41, 5.74) is 1.01. The lowest BCUT2D eigenvalue weighted by Crippen LogP contribution is -2.46. The Labute approximate surface area is 108 Å². The minimum absolute atomic E-state index is 0.0894. The highest BCUT2D eigenvalue weighted by molar-refractivity contribution is 5.74. The molecule has 1 fully saturated rings. The van der Waals surface area contributed by atoms with E-state index in [0.717, 1.165) is 31.5 Å². The Morgan fingerprint density at radius 3 is 2.94 bits per heavy atom. The molecule has 0 radical (unpaired) electrons. The molecule has 2 N–H and O–H groups in total. The first-order valence-corrected chi connectivity index (χ1v) is 6.36. The lowest BCUT2D eigenvalue weighted by molar-refractivity contribution is 0.213. The Morgan fingerprint density at radius 2 is 2.28 bits per heavy atom. The van der Waals surface area contributed by atoms with Gasteiger partial charge in [0, 0.05) is 25.0 Å². The van der Waals surface area contributed by atoms with E-state index in [0.29, 0.717) is 12.6 Å². The Hall–Kier alpha value is -1.62. The van der Waals surface area contributed by atoms with Crippen LogP contribution in [0.5, 0.6) is 0 Å². The fraction of sp³-hybridized carbons (Fsp3) is 0.538. The van der Waals surface area contributed by atoms with Crippen molar-refractivity contribution >= 4 is 6.03 Å². The molecule has 5 nitrogen and oxygen atoms in total. The molecule has 1 aliphatic heterocycles. The molecular weight excluding hydrogens is 228 g/mol. The summed E-state index contributed by atoms with van der Waals surface area (Å²) in [4.78, 5) is 18.0. The number of piperidine rings is 1. The molecule has 2 amide bonds. The summed E-state index contributed by atoms with van der Waals surface area (Å²) in [7, 11) is 2.11. The quantitative estimate of drug-likeness (QED) is 0.838. The normalized spacial score (nSPS) is 17.4. The number of hydrogen-bond donors (Lipinski definition) is 2. The summed E-state index contributed by atoms with van der Waals surface area (Å²) in [6.45, 7) is 2.62. The zero-order chi connectivity index (χ0) is 12.8. The van der Waals surface area contributed by atoms with Gasteiger partial charge in [0.15, 0.2) is 0 Å². The van der Waals surface area contributed by atoms with E-state index in [1.54, 1.807) is 12.4 Å². The number of amides is 2. The summed E-state index contributed by atoms with van der Waals surface area (Å²) < 4.78 is 0. The van der Waals surface area contributed by atoms with Crippen LogP contribution in [0.3, 0.4) is 0 Å². The fourth-order valence-electron chi connectivity index (χ4n) is 2.07. The standard InChI is InChI=1S/C13H20N4O/c1-17-7-4-12(5-8-17)16-13(18)15-10-11-3-2-6-14-9-11/h2-3,6,9,12H,4-5,7-8,10H2,1H3,(H2,15,16,18). The van der Waals surface area contributed by atoms with Gasteiger partial charge in [-0.15, -0.1) is 0 Å². The second-order valence-electron chi connectivity index (χ2n) is 4.77. The number of pyridine rings is 1. The lowest BCUT2D eigenvalue weighted by Gasteiger charge is -2.29. The third kappa shape index (κ3) is 4.00. The van der Waals surface area contributed by atoms with Gasteiger partial charge in [0.05, 0.1) is 0 Å². The molecule has 0 bridgehead atoms. The number of nitrogens with zero attached hydrogens (tertiary/aromatic N) is 2. The highest BCUT2D eigenvalue weighted by Crippen LogP contribution is 2.07. The monoisotopic (exact) mass is 248 g/mol. The molecule has 1 aromatic heterocycles. The molecule has 18 heavy (non-hydrogen) atoms. The summed E-state index contributed by atoms with van der Waals surface area (Å²) >= 11 is 0. The average Bonchev–Trinajstić information content (AvgIpc) is 2.40. The van der Waals surface area contributed by atoms with Gasteiger partial charge in [0.25, 0.3) is 0 Å². The van der Waals surface area contributed by atoms with Crippen molar-refractivity contribution in [2.24, 2.45) is 0 Å². The van der Waals surface area contributed by atoms with Crippen molar-refractivity contribution in [3.8, 4) is 0 Å². The van der Waals surface area contributed by atoms with E-state index in [9.17, 15) is 4.79 Å². The first-order valence-electron chi connectivity index (χ1n) is 6.36. The van der Waals surface area contributed by atoms with Crippen molar-refractivity contribution in [3.63, 3.8) is 0 Å². The Morgan fingerprint density at radius 1 is 1.50 bits per heavy atom. The van der Waals surface area contributed by atoms with Gasteiger partial charge in [0.2, 0.25) is 0 Å². The molecule has 2 heterocycles.